The molecule has 4 heteroatoms. The van der Waals surface area contributed by atoms with E-state index in [9.17, 15) is 9.90 Å². The number of benzene rings is 3. The quantitative estimate of drug-likeness (QED) is 0.481. The number of esters is 1. The Bertz CT molecular complexity index is 1050. The highest BCUT2D eigenvalue weighted by Crippen LogP contribution is 2.41. The Hall–Kier alpha value is -2.72. The Morgan fingerprint density at radius 1 is 1.00 bits per heavy atom. The number of ether oxygens (including phenoxy) is 1. The van der Waals surface area contributed by atoms with E-state index in [1.54, 1.807) is 0 Å². The molecule has 4 rings (SSSR count). The summed E-state index contributed by atoms with van der Waals surface area (Å²) in [5, 5.41) is 13.1. The minimum atomic E-state index is -0.721. The van der Waals surface area contributed by atoms with E-state index in [1.807, 2.05) is 48.5 Å². The van der Waals surface area contributed by atoms with E-state index >= 15 is 0 Å². The first kappa shape index (κ1) is 19.6. The van der Waals surface area contributed by atoms with Crippen LogP contribution in [0.1, 0.15) is 31.7 Å². The predicted molar refractivity (Wildman–Crippen MR) is 118 cm³/mol. The third-order valence-electron chi connectivity index (χ3n) is 5.31. The van der Waals surface area contributed by atoms with Crippen molar-refractivity contribution in [2.45, 2.75) is 43.1 Å². The highest BCUT2D eigenvalue weighted by Gasteiger charge is 2.42. The maximum atomic E-state index is 12.9. The van der Waals surface area contributed by atoms with Gasteiger partial charge in [0.2, 0.25) is 0 Å². The fourth-order valence-electron chi connectivity index (χ4n) is 4.07. The van der Waals surface area contributed by atoms with Gasteiger partial charge < -0.3 is 9.84 Å². The summed E-state index contributed by atoms with van der Waals surface area (Å²) in [6.45, 7) is 2.08. The van der Waals surface area contributed by atoms with Crippen molar-refractivity contribution in [3.05, 3.63) is 89.0 Å². The van der Waals surface area contributed by atoms with Gasteiger partial charge in [-0.05, 0) is 34.9 Å². The van der Waals surface area contributed by atoms with Crippen molar-refractivity contribution in [3.8, 4) is 0 Å². The lowest BCUT2D eigenvalue weighted by Gasteiger charge is -2.37. The fourth-order valence-corrected chi connectivity index (χ4v) is 4.91. The van der Waals surface area contributed by atoms with Crippen LogP contribution in [0.5, 0.6) is 0 Å². The van der Waals surface area contributed by atoms with Crippen LogP contribution >= 0.6 is 11.8 Å². The Labute approximate surface area is 175 Å². The zero-order chi connectivity index (χ0) is 20.3. The molecule has 0 spiro atoms. The third kappa shape index (κ3) is 4.18. The first-order valence-corrected chi connectivity index (χ1v) is 10.8. The number of fused-ring (bicyclic) bond motifs is 1. The van der Waals surface area contributed by atoms with Gasteiger partial charge in [-0.1, -0.05) is 85.8 Å². The molecule has 1 unspecified atom stereocenters. The van der Waals surface area contributed by atoms with Gasteiger partial charge >= 0.3 is 5.97 Å². The van der Waals surface area contributed by atoms with Gasteiger partial charge in [0, 0.05) is 17.7 Å². The molecule has 1 aliphatic heterocycles. The second-order valence-corrected chi connectivity index (χ2v) is 8.59. The first-order chi connectivity index (χ1) is 14.1. The van der Waals surface area contributed by atoms with Crippen LogP contribution in [0, 0.1) is 0 Å². The molecule has 0 aromatic heterocycles. The van der Waals surface area contributed by atoms with Gasteiger partial charge in [-0.3, -0.25) is 0 Å². The van der Waals surface area contributed by atoms with Crippen molar-refractivity contribution in [2.75, 3.05) is 0 Å². The SMILES string of the molecule is CCCC1(Cc2cccc3ccccc23)CC(O)=C(Sc2ccccc2)C(=O)O1. The van der Waals surface area contributed by atoms with Crippen molar-refractivity contribution in [1.29, 1.82) is 0 Å². The number of carbonyl (C=O) groups excluding carboxylic acids is 1. The molecule has 1 heterocycles. The molecule has 0 amide bonds. The summed E-state index contributed by atoms with van der Waals surface area (Å²) in [6.07, 6.45) is 2.49. The van der Waals surface area contributed by atoms with Crippen molar-refractivity contribution in [2.24, 2.45) is 0 Å². The summed E-state index contributed by atoms with van der Waals surface area (Å²) in [5.41, 5.74) is 0.414. The molecular weight excluding hydrogens is 380 g/mol. The van der Waals surface area contributed by atoms with Gasteiger partial charge in [0.05, 0.1) is 0 Å². The lowest BCUT2D eigenvalue weighted by molar-refractivity contribution is -0.158. The molecule has 0 aliphatic carbocycles. The van der Waals surface area contributed by atoms with E-state index in [0.717, 1.165) is 22.3 Å². The number of carbonyl (C=O) groups is 1. The van der Waals surface area contributed by atoms with E-state index < -0.39 is 11.6 Å². The summed E-state index contributed by atoms with van der Waals surface area (Å²) in [5.74, 6) is -0.305. The Morgan fingerprint density at radius 3 is 2.48 bits per heavy atom. The maximum absolute atomic E-state index is 12.9. The largest absolute Gasteiger partial charge is 0.511 e. The molecule has 148 valence electrons. The minimum Gasteiger partial charge on any atom is -0.511 e. The van der Waals surface area contributed by atoms with Crippen LogP contribution in [0.25, 0.3) is 10.8 Å². The number of hydrogen-bond donors (Lipinski definition) is 1. The van der Waals surface area contributed by atoms with E-state index in [1.165, 1.54) is 17.1 Å². The predicted octanol–water partition coefficient (Wildman–Crippen LogP) is 6.43. The smallest absolute Gasteiger partial charge is 0.349 e. The van der Waals surface area contributed by atoms with Crippen LogP contribution in [-0.2, 0) is 16.0 Å². The molecule has 1 N–H and O–H groups in total. The molecule has 1 atom stereocenters. The standard InChI is InChI=1S/C25H24O3S/c1-2-15-25(16-19-11-8-10-18-9-6-7-14-21(18)19)17-22(26)23(24(27)28-25)29-20-12-4-3-5-13-20/h3-14,26H,2,15-17H2,1H3. The van der Waals surface area contributed by atoms with Crippen molar-refractivity contribution >= 4 is 28.5 Å². The molecule has 3 aromatic carbocycles. The molecule has 1 aliphatic rings. The van der Waals surface area contributed by atoms with Crippen molar-refractivity contribution in [1.82, 2.24) is 0 Å². The van der Waals surface area contributed by atoms with Gasteiger partial charge in [0.15, 0.2) is 0 Å². The molecule has 3 aromatic rings. The van der Waals surface area contributed by atoms with Crippen molar-refractivity contribution < 1.29 is 14.6 Å². The number of rotatable bonds is 6. The second-order valence-electron chi connectivity index (χ2n) is 7.51. The number of cyclic esters (lactones) is 1. The van der Waals surface area contributed by atoms with Crippen LogP contribution in [0.4, 0.5) is 0 Å². The van der Waals surface area contributed by atoms with Crippen LogP contribution in [-0.4, -0.2) is 16.7 Å². The molecule has 3 nitrogen and oxygen atoms in total. The molecule has 0 fully saturated rings. The third-order valence-corrected chi connectivity index (χ3v) is 6.42. The number of hydrogen-bond acceptors (Lipinski definition) is 4. The first-order valence-electron chi connectivity index (χ1n) is 9.95. The van der Waals surface area contributed by atoms with Crippen LogP contribution in [0.3, 0.4) is 0 Å². The van der Waals surface area contributed by atoms with E-state index in [-0.39, 0.29) is 5.76 Å². The zero-order valence-electron chi connectivity index (χ0n) is 16.4. The Kier molecular flexibility index (Phi) is 5.63. The zero-order valence-corrected chi connectivity index (χ0v) is 17.2. The summed E-state index contributed by atoms with van der Waals surface area (Å²) in [6, 6.07) is 24.0. The molecule has 0 saturated heterocycles. The molecule has 0 saturated carbocycles. The monoisotopic (exact) mass is 404 g/mol. The maximum Gasteiger partial charge on any atom is 0.349 e. The fraction of sp³-hybridized carbons (Fsp3) is 0.240. The van der Waals surface area contributed by atoms with Crippen LogP contribution < -0.4 is 0 Å². The van der Waals surface area contributed by atoms with Crippen LogP contribution in [0.15, 0.2) is 88.4 Å². The molecule has 0 bridgehead atoms. The molecule has 29 heavy (non-hydrogen) atoms. The number of thioether (sulfide) groups is 1. The topological polar surface area (TPSA) is 46.5 Å². The summed E-state index contributed by atoms with van der Waals surface area (Å²) >= 11 is 1.26. The van der Waals surface area contributed by atoms with E-state index in [0.29, 0.717) is 24.2 Å². The summed E-state index contributed by atoms with van der Waals surface area (Å²) in [4.78, 5) is 14.1. The van der Waals surface area contributed by atoms with E-state index in [2.05, 4.69) is 31.2 Å². The van der Waals surface area contributed by atoms with Gasteiger partial charge in [-0.15, -0.1) is 0 Å². The highest BCUT2D eigenvalue weighted by molar-refractivity contribution is 8.04. The average Bonchev–Trinajstić information content (AvgIpc) is 2.72. The highest BCUT2D eigenvalue weighted by atomic mass is 32.2. The van der Waals surface area contributed by atoms with Gasteiger partial charge in [-0.2, -0.15) is 0 Å². The van der Waals surface area contributed by atoms with Crippen LogP contribution in [0.2, 0.25) is 0 Å². The summed E-state index contributed by atoms with van der Waals surface area (Å²) in [7, 11) is 0. The molecule has 0 radical (unpaired) electrons. The Morgan fingerprint density at radius 2 is 1.72 bits per heavy atom. The number of aliphatic hydroxyl groups excluding tert-OH is 1. The average molecular weight is 405 g/mol. The Balaban J connectivity index is 1.66. The minimum absolute atomic E-state index is 0.129. The lowest BCUT2D eigenvalue weighted by Crippen LogP contribution is -2.41. The van der Waals surface area contributed by atoms with E-state index in [4.69, 9.17) is 4.74 Å². The normalized spacial score (nSPS) is 19.4. The summed E-state index contributed by atoms with van der Waals surface area (Å²) < 4.78 is 6.04. The van der Waals surface area contributed by atoms with Gasteiger partial charge in [0.1, 0.15) is 16.3 Å². The van der Waals surface area contributed by atoms with Crippen molar-refractivity contribution in [3.63, 3.8) is 0 Å². The van der Waals surface area contributed by atoms with Gasteiger partial charge in [-0.25, -0.2) is 4.79 Å². The number of aliphatic hydroxyl groups is 1. The lowest BCUT2D eigenvalue weighted by atomic mass is 9.83. The van der Waals surface area contributed by atoms with Gasteiger partial charge in [0.25, 0.3) is 0 Å². The second kappa shape index (κ2) is 8.34. The molecular formula is C25H24O3S.